The van der Waals surface area contributed by atoms with Crippen molar-refractivity contribution in [1.82, 2.24) is 9.13 Å². The highest BCUT2D eigenvalue weighted by Crippen LogP contribution is 2.31. The van der Waals surface area contributed by atoms with E-state index in [9.17, 15) is 13.2 Å². The summed E-state index contributed by atoms with van der Waals surface area (Å²) >= 11 is 6.07. The van der Waals surface area contributed by atoms with Crippen molar-refractivity contribution in [2.45, 2.75) is 45.3 Å². The molecule has 3 rings (SSSR count). The van der Waals surface area contributed by atoms with Crippen molar-refractivity contribution in [3.05, 3.63) is 46.4 Å². The number of aromatic nitrogens is 2. The van der Waals surface area contributed by atoms with E-state index >= 15 is 0 Å². The largest absolute Gasteiger partial charge is 0.464 e. The summed E-state index contributed by atoms with van der Waals surface area (Å²) in [4.78, 5) is 11.8. The molecule has 0 amide bonds. The zero-order valence-electron chi connectivity index (χ0n) is 16.4. The molecular formula is C19H21ClN2O6S. The van der Waals surface area contributed by atoms with Gasteiger partial charge in [0.15, 0.2) is 16.8 Å². The van der Waals surface area contributed by atoms with Crippen LogP contribution in [0.15, 0.2) is 33.7 Å². The summed E-state index contributed by atoms with van der Waals surface area (Å²) in [6.45, 7) is 6.44. The molecule has 0 spiro atoms. The van der Waals surface area contributed by atoms with E-state index in [4.69, 9.17) is 25.6 Å². The van der Waals surface area contributed by atoms with Gasteiger partial charge in [-0.2, -0.15) is 0 Å². The molecule has 0 radical (unpaired) electrons. The van der Waals surface area contributed by atoms with Gasteiger partial charge in [0.05, 0.1) is 24.4 Å². The molecule has 156 valence electrons. The number of hydrogen-bond donors (Lipinski definition) is 0. The number of carbonyl (C=O) groups excluding carboxylic acids is 1. The second kappa shape index (κ2) is 8.17. The molecule has 0 aliphatic heterocycles. The van der Waals surface area contributed by atoms with Crippen LogP contribution in [0.5, 0.6) is 0 Å². The molecule has 0 saturated heterocycles. The van der Waals surface area contributed by atoms with E-state index in [0.717, 1.165) is 0 Å². The van der Waals surface area contributed by atoms with Gasteiger partial charge in [0.2, 0.25) is 0 Å². The molecular weight excluding hydrogens is 420 g/mol. The third-order valence-electron chi connectivity index (χ3n) is 4.36. The second-order valence-electron chi connectivity index (χ2n) is 6.47. The predicted octanol–water partition coefficient (Wildman–Crippen LogP) is 3.60. The first-order valence-corrected chi connectivity index (χ1v) is 10.7. The lowest BCUT2D eigenvalue weighted by Gasteiger charge is -2.14. The highest BCUT2D eigenvalue weighted by molar-refractivity contribution is 7.90. The van der Waals surface area contributed by atoms with E-state index in [-0.39, 0.29) is 29.6 Å². The molecule has 0 aliphatic carbocycles. The van der Waals surface area contributed by atoms with E-state index < -0.39 is 22.1 Å². The standard InChI is InChI=1S/C19H21ClN2O6S/c1-5-26-19(23)13(4)27-10-16-9-14-8-15(20)6-7-17(14)22(16)29(24,25)18-11(2)21-28-12(18)3/h6-9,13H,5,10H2,1-4H3. The van der Waals surface area contributed by atoms with Gasteiger partial charge in [-0.3, -0.25) is 0 Å². The van der Waals surface area contributed by atoms with Crippen LogP contribution < -0.4 is 0 Å². The number of carbonyl (C=O) groups is 1. The summed E-state index contributed by atoms with van der Waals surface area (Å²) in [5, 5.41) is 4.84. The van der Waals surface area contributed by atoms with Crippen molar-refractivity contribution in [2.24, 2.45) is 0 Å². The summed E-state index contributed by atoms with van der Waals surface area (Å²) in [6, 6.07) is 6.55. The fraction of sp³-hybridized carbons (Fsp3) is 0.368. The number of esters is 1. The third kappa shape index (κ3) is 4.03. The number of ether oxygens (including phenoxy) is 2. The Balaban J connectivity index is 2.10. The summed E-state index contributed by atoms with van der Waals surface area (Å²) in [6.07, 6.45) is -0.855. The Morgan fingerprint density at radius 2 is 2.03 bits per heavy atom. The molecule has 0 fully saturated rings. The minimum Gasteiger partial charge on any atom is -0.464 e. The van der Waals surface area contributed by atoms with Crippen LogP contribution in [0.25, 0.3) is 10.9 Å². The molecule has 0 bridgehead atoms. The molecule has 1 aromatic carbocycles. The van der Waals surface area contributed by atoms with Crippen LogP contribution in [-0.2, 0) is 30.9 Å². The zero-order chi connectivity index (χ0) is 21.3. The highest BCUT2D eigenvalue weighted by atomic mass is 35.5. The number of nitrogens with zero attached hydrogens (tertiary/aromatic N) is 2. The Kier molecular flexibility index (Phi) is 6.02. The van der Waals surface area contributed by atoms with Gasteiger partial charge in [-0.25, -0.2) is 17.2 Å². The van der Waals surface area contributed by atoms with Gasteiger partial charge in [0, 0.05) is 10.4 Å². The number of hydrogen-bond acceptors (Lipinski definition) is 7. The van der Waals surface area contributed by atoms with Gasteiger partial charge in [0.25, 0.3) is 10.0 Å². The van der Waals surface area contributed by atoms with Gasteiger partial charge in [-0.05, 0) is 52.0 Å². The maximum Gasteiger partial charge on any atom is 0.334 e. The lowest BCUT2D eigenvalue weighted by atomic mass is 10.2. The van der Waals surface area contributed by atoms with Crippen LogP contribution in [0, 0.1) is 13.8 Å². The maximum absolute atomic E-state index is 13.5. The number of benzene rings is 1. The Labute approximate surface area is 173 Å². The first-order valence-electron chi connectivity index (χ1n) is 8.93. The summed E-state index contributed by atoms with van der Waals surface area (Å²) in [5.74, 6) is -0.336. The molecule has 10 heteroatoms. The minimum absolute atomic E-state index is 0.00959. The van der Waals surface area contributed by atoms with E-state index in [1.54, 1.807) is 45.0 Å². The topological polar surface area (TPSA) is 101 Å². The molecule has 3 aromatic rings. The number of rotatable bonds is 7. The van der Waals surface area contributed by atoms with Crippen molar-refractivity contribution in [2.75, 3.05) is 6.61 Å². The summed E-state index contributed by atoms with van der Waals surface area (Å²) in [5.41, 5.74) is 1.01. The summed E-state index contributed by atoms with van der Waals surface area (Å²) < 4.78 is 43.7. The molecule has 29 heavy (non-hydrogen) atoms. The Hall–Kier alpha value is -2.36. The van der Waals surface area contributed by atoms with Crippen LogP contribution in [0.2, 0.25) is 5.02 Å². The third-order valence-corrected chi connectivity index (χ3v) is 6.60. The lowest BCUT2D eigenvalue weighted by Crippen LogP contribution is -2.24. The highest BCUT2D eigenvalue weighted by Gasteiger charge is 2.30. The first kappa shape index (κ1) is 21.4. The molecule has 0 N–H and O–H groups in total. The molecule has 8 nitrogen and oxygen atoms in total. The van der Waals surface area contributed by atoms with Crippen molar-refractivity contribution in [1.29, 1.82) is 0 Å². The van der Waals surface area contributed by atoms with Crippen LogP contribution in [0.4, 0.5) is 0 Å². The van der Waals surface area contributed by atoms with Crippen LogP contribution >= 0.6 is 11.6 Å². The Morgan fingerprint density at radius 1 is 1.31 bits per heavy atom. The van der Waals surface area contributed by atoms with Crippen molar-refractivity contribution in [3.63, 3.8) is 0 Å². The van der Waals surface area contributed by atoms with Crippen LogP contribution in [0.3, 0.4) is 0 Å². The smallest absolute Gasteiger partial charge is 0.334 e. The lowest BCUT2D eigenvalue weighted by molar-refractivity contribution is -0.156. The van der Waals surface area contributed by atoms with Gasteiger partial charge in [-0.15, -0.1) is 0 Å². The molecule has 0 aliphatic rings. The molecule has 2 aromatic heterocycles. The fourth-order valence-corrected chi connectivity index (χ4v) is 5.09. The van der Waals surface area contributed by atoms with E-state index in [2.05, 4.69) is 5.16 Å². The molecule has 0 saturated carbocycles. The Morgan fingerprint density at radius 3 is 2.66 bits per heavy atom. The van der Waals surface area contributed by atoms with Crippen molar-refractivity contribution in [3.8, 4) is 0 Å². The fourth-order valence-electron chi connectivity index (χ4n) is 3.08. The second-order valence-corrected chi connectivity index (χ2v) is 8.63. The van der Waals surface area contributed by atoms with Gasteiger partial charge >= 0.3 is 5.97 Å². The number of fused-ring (bicyclic) bond motifs is 1. The first-order chi connectivity index (χ1) is 13.7. The molecule has 1 unspecified atom stereocenters. The molecule has 2 heterocycles. The zero-order valence-corrected chi connectivity index (χ0v) is 18.0. The molecule has 1 atom stereocenters. The summed E-state index contributed by atoms with van der Waals surface area (Å²) in [7, 11) is -4.04. The van der Waals surface area contributed by atoms with Gasteiger partial charge in [0.1, 0.15) is 5.69 Å². The van der Waals surface area contributed by atoms with Crippen molar-refractivity contribution >= 4 is 38.5 Å². The van der Waals surface area contributed by atoms with Crippen LogP contribution in [-0.4, -0.2) is 36.2 Å². The maximum atomic E-state index is 13.5. The Bertz CT molecular complexity index is 1150. The van der Waals surface area contributed by atoms with Crippen LogP contribution in [0.1, 0.15) is 31.0 Å². The van der Waals surface area contributed by atoms with Crippen molar-refractivity contribution < 1.29 is 27.2 Å². The SMILES string of the molecule is CCOC(=O)C(C)OCc1cc2cc(Cl)ccc2n1S(=O)(=O)c1c(C)noc1C. The number of halogens is 1. The van der Waals surface area contributed by atoms with E-state index in [1.165, 1.54) is 10.9 Å². The monoisotopic (exact) mass is 440 g/mol. The normalized spacial score (nSPS) is 13.0. The predicted molar refractivity (Wildman–Crippen MR) is 106 cm³/mol. The minimum atomic E-state index is -4.04. The van der Waals surface area contributed by atoms with Gasteiger partial charge in [-0.1, -0.05) is 16.8 Å². The average molecular weight is 441 g/mol. The quantitative estimate of drug-likeness (QED) is 0.517. The number of aryl methyl sites for hydroxylation is 2. The average Bonchev–Trinajstić information content (AvgIpc) is 3.19. The van der Waals surface area contributed by atoms with E-state index in [0.29, 0.717) is 21.6 Å². The van der Waals surface area contributed by atoms with Gasteiger partial charge < -0.3 is 14.0 Å². The van der Waals surface area contributed by atoms with E-state index in [1.807, 2.05) is 0 Å².